The van der Waals surface area contributed by atoms with Crippen molar-refractivity contribution in [2.75, 3.05) is 10.6 Å². The number of hydrogen-bond acceptors (Lipinski definition) is 4. The number of amides is 1. The Morgan fingerprint density at radius 3 is 2.13 bits per heavy atom. The van der Waals surface area contributed by atoms with Crippen LogP contribution < -0.4 is 21.9 Å². The Morgan fingerprint density at radius 2 is 1.57 bits per heavy atom. The molecule has 0 spiro atoms. The first-order valence-corrected chi connectivity index (χ1v) is 9.53. The Hall–Kier alpha value is -3.87. The number of benzene rings is 2. The number of hydrogen-bond donors (Lipinski definition) is 2. The molecule has 0 fully saturated rings. The molecule has 0 aliphatic carbocycles. The first kappa shape index (κ1) is 20.9. The number of aromatic amines is 1. The topological polar surface area (TPSA) is 101 Å². The zero-order valence-corrected chi connectivity index (χ0v) is 17.0. The second-order valence-electron chi connectivity index (χ2n) is 7.20. The molecule has 30 heavy (non-hydrogen) atoms. The summed E-state index contributed by atoms with van der Waals surface area (Å²) in [5.41, 5.74) is 7.37. The molecule has 7 heteroatoms. The molecule has 3 aromatic rings. The van der Waals surface area contributed by atoms with E-state index in [-0.39, 0.29) is 30.5 Å². The third kappa shape index (κ3) is 4.75. The standard InChI is InChI=1S/C23H24N4O3/c1-16(2)13-19(28)26(14-17-9-5-3-6-10-17)20-21(24)27(23(30)25-22(20)29)15-18-11-7-4-8-12-18/h3-13H,14-15,24H2,1-2H3,(H,25,29,30). The molecule has 0 unspecified atom stereocenters. The molecule has 0 aliphatic rings. The Labute approximate surface area is 174 Å². The second kappa shape index (κ2) is 9.09. The lowest BCUT2D eigenvalue weighted by molar-refractivity contribution is -0.114. The second-order valence-corrected chi connectivity index (χ2v) is 7.20. The van der Waals surface area contributed by atoms with E-state index < -0.39 is 11.2 Å². The molecule has 1 amide bonds. The number of aromatic nitrogens is 2. The van der Waals surface area contributed by atoms with E-state index in [1.165, 1.54) is 15.5 Å². The van der Waals surface area contributed by atoms with Crippen LogP contribution in [0.2, 0.25) is 0 Å². The number of H-pyrrole nitrogens is 1. The molecule has 0 saturated carbocycles. The summed E-state index contributed by atoms with van der Waals surface area (Å²) in [4.78, 5) is 41.8. The van der Waals surface area contributed by atoms with Crippen LogP contribution in [0.15, 0.2) is 81.9 Å². The van der Waals surface area contributed by atoms with E-state index in [0.717, 1.165) is 16.7 Å². The highest BCUT2D eigenvalue weighted by molar-refractivity contribution is 6.03. The largest absolute Gasteiger partial charge is 0.383 e. The zero-order valence-electron chi connectivity index (χ0n) is 17.0. The predicted octanol–water partition coefficient (Wildman–Crippen LogP) is 2.67. The molecule has 154 valence electrons. The highest BCUT2D eigenvalue weighted by atomic mass is 16.2. The fourth-order valence-corrected chi connectivity index (χ4v) is 3.12. The Bertz CT molecular complexity index is 1170. The van der Waals surface area contributed by atoms with Crippen molar-refractivity contribution in [1.82, 2.24) is 9.55 Å². The van der Waals surface area contributed by atoms with E-state index in [2.05, 4.69) is 4.98 Å². The normalized spacial score (nSPS) is 10.5. The van der Waals surface area contributed by atoms with Crippen LogP contribution in [0, 0.1) is 0 Å². The first-order chi connectivity index (χ1) is 14.4. The monoisotopic (exact) mass is 404 g/mol. The molecule has 0 aliphatic heterocycles. The smallest absolute Gasteiger partial charge is 0.330 e. The summed E-state index contributed by atoms with van der Waals surface area (Å²) in [5.74, 6) is -0.444. The molecule has 0 radical (unpaired) electrons. The molecule has 2 aromatic carbocycles. The third-order valence-electron chi connectivity index (χ3n) is 4.53. The van der Waals surface area contributed by atoms with E-state index in [9.17, 15) is 14.4 Å². The number of rotatable bonds is 6. The van der Waals surface area contributed by atoms with Gasteiger partial charge in [0.25, 0.3) is 11.5 Å². The van der Waals surface area contributed by atoms with Gasteiger partial charge < -0.3 is 5.73 Å². The van der Waals surface area contributed by atoms with Gasteiger partial charge in [-0.1, -0.05) is 66.2 Å². The lowest BCUT2D eigenvalue weighted by atomic mass is 10.2. The third-order valence-corrected chi connectivity index (χ3v) is 4.53. The highest BCUT2D eigenvalue weighted by Crippen LogP contribution is 2.21. The SMILES string of the molecule is CC(C)=CC(=O)N(Cc1ccccc1)c1c(N)n(Cc2ccccc2)c(=O)[nH]c1=O. The molecule has 1 heterocycles. The van der Waals surface area contributed by atoms with Crippen molar-refractivity contribution in [3.63, 3.8) is 0 Å². The lowest BCUT2D eigenvalue weighted by Gasteiger charge is -2.24. The quantitative estimate of drug-likeness (QED) is 0.617. The van der Waals surface area contributed by atoms with E-state index in [4.69, 9.17) is 5.73 Å². The van der Waals surface area contributed by atoms with Crippen molar-refractivity contribution in [2.24, 2.45) is 0 Å². The van der Waals surface area contributed by atoms with Crippen molar-refractivity contribution in [2.45, 2.75) is 26.9 Å². The summed E-state index contributed by atoms with van der Waals surface area (Å²) in [6.45, 7) is 3.90. The van der Waals surface area contributed by atoms with Crippen LogP contribution in [0.1, 0.15) is 25.0 Å². The zero-order chi connectivity index (χ0) is 21.7. The van der Waals surface area contributed by atoms with Gasteiger partial charge in [-0.05, 0) is 25.0 Å². The highest BCUT2D eigenvalue weighted by Gasteiger charge is 2.23. The molecule has 0 saturated heterocycles. The summed E-state index contributed by atoms with van der Waals surface area (Å²) >= 11 is 0. The number of carbonyl (C=O) groups is 1. The molecule has 1 aromatic heterocycles. The van der Waals surface area contributed by atoms with Gasteiger partial charge in [-0.15, -0.1) is 0 Å². The molecule has 7 nitrogen and oxygen atoms in total. The summed E-state index contributed by atoms with van der Waals surface area (Å²) < 4.78 is 1.26. The average molecular weight is 404 g/mol. The van der Waals surface area contributed by atoms with Crippen molar-refractivity contribution < 1.29 is 4.79 Å². The minimum Gasteiger partial charge on any atom is -0.383 e. The number of nitrogens with zero attached hydrogens (tertiary/aromatic N) is 2. The molecule has 0 atom stereocenters. The van der Waals surface area contributed by atoms with Gasteiger partial charge in [-0.3, -0.25) is 24.0 Å². The number of nitrogen functional groups attached to an aromatic ring is 1. The number of nitrogens with two attached hydrogens (primary N) is 1. The van der Waals surface area contributed by atoms with Crippen molar-refractivity contribution in [3.8, 4) is 0 Å². The summed E-state index contributed by atoms with van der Waals surface area (Å²) in [5, 5.41) is 0. The van der Waals surface area contributed by atoms with Crippen LogP contribution in [0.3, 0.4) is 0 Å². The minimum atomic E-state index is -0.701. The Morgan fingerprint density at radius 1 is 1.00 bits per heavy atom. The summed E-state index contributed by atoms with van der Waals surface area (Å²) in [6, 6.07) is 18.6. The Kier molecular flexibility index (Phi) is 6.32. The van der Waals surface area contributed by atoms with Crippen LogP contribution in [0.4, 0.5) is 11.5 Å². The maximum absolute atomic E-state index is 13.0. The minimum absolute atomic E-state index is 0.0446. The van der Waals surface area contributed by atoms with Crippen LogP contribution in [0.25, 0.3) is 0 Å². The van der Waals surface area contributed by atoms with Gasteiger partial charge in [0.05, 0.1) is 13.1 Å². The van der Waals surface area contributed by atoms with Crippen molar-refractivity contribution >= 4 is 17.4 Å². The maximum atomic E-state index is 13.0. The number of anilines is 2. The molecule has 3 rings (SSSR count). The van der Waals surface area contributed by atoms with Crippen molar-refractivity contribution in [1.29, 1.82) is 0 Å². The first-order valence-electron chi connectivity index (χ1n) is 9.53. The van der Waals surface area contributed by atoms with Crippen LogP contribution in [-0.2, 0) is 17.9 Å². The Balaban J connectivity index is 2.13. The van der Waals surface area contributed by atoms with Crippen LogP contribution in [0.5, 0.6) is 0 Å². The van der Waals surface area contributed by atoms with Gasteiger partial charge in [0.1, 0.15) is 5.82 Å². The van der Waals surface area contributed by atoms with Gasteiger partial charge in [-0.25, -0.2) is 4.79 Å². The fourth-order valence-electron chi connectivity index (χ4n) is 3.12. The van der Waals surface area contributed by atoms with E-state index in [0.29, 0.717) is 0 Å². The van der Waals surface area contributed by atoms with Crippen LogP contribution in [-0.4, -0.2) is 15.5 Å². The molecular formula is C23H24N4O3. The van der Waals surface area contributed by atoms with Gasteiger partial charge in [0, 0.05) is 6.08 Å². The van der Waals surface area contributed by atoms with E-state index >= 15 is 0 Å². The average Bonchev–Trinajstić information content (AvgIpc) is 2.71. The summed E-state index contributed by atoms with van der Waals surface area (Å²) in [7, 11) is 0. The fraction of sp³-hybridized carbons (Fsp3) is 0.174. The predicted molar refractivity (Wildman–Crippen MR) is 118 cm³/mol. The lowest BCUT2D eigenvalue weighted by Crippen LogP contribution is -2.40. The van der Waals surface area contributed by atoms with Gasteiger partial charge in [-0.2, -0.15) is 0 Å². The molecule has 0 bridgehead atoms. The number of nitrogens with one attached hydrogen (secondary N) is 1. The maximum Gasteiger partial charge on any atom is 0.330 e. The van der Waals surface area contributed by atoms with Gasteiger partial charge in [0.15, 0.2) is 5.69 Å². The van der Waals surface area contributed by atoms with Crippen LogP contribution >= 0.6 is 0 Å². The number of allylic oxidation sites excluding steroid dienone is 1. The van der Waals surface area contributed by atoms with E-state index in [1.54, 1.807) is 13.8 Å². The molecular weight excluding hydrogens is 380 g/mol. The van der Waals surface area contributed by atoms with Crippen molar-refractivity contribution in [3.05, 3.63) is 104 Å². The van der Waals surface area contributed by atoms with Gasteiger partial charge in [0.2, 0.25) is 0 Å². The molecule has 3 N–H and O–H groups in total. The van der Waals surface area contributed by atoms with E-state index in [1.807, 2.05) is 60.7 Å². The van der Waals surface area contributed by atoms with Gasteiger partial charge >= 0.3 is 5.69 Å². The summed E-state index contributed by atoms with van der Waals surface area (Å²) in [6.07, 6.45) is 1.44. The number of carbonyl (C=O) groups excluding carboxylic acids is 1.